The van der Waals surface area contributed by atoms with Crippen molar-refractivity contribution >= 4 is 40.6 Å². The van der Waals surface area contributed by atoms with Crippen molar-refractivity contribution in [3.63, 3.8) is 0 Å². The maximum absolute atomic E-state index is 13.4. The van der Waals surface area contributed by atoms with Gasteiger partial charge in [-0.05, 0) is 74.5 Å². The highest BCUT2D eigenvalue weighted by molar-refractivity contribution is 7.98. The lowest BCUT2D eigenvalue weighted by Crippen LogP contribution is -2.47. The van der Waals surface area contributed by atoms with Gasteiger partial charge in [-0.25, -0.2) is 0 Å². The van der Waals surface area contributed by atoms with Crippen LogP contribution in [0.2, 0.25) is 5.02 Å². The maximum Gasteiger partial charge on any atom is 0.417 e. The van der Waals surface area contributed by atoms with E-state index in [1.165, 1.54) is 17.8 Å². The van der Waals surface area contributed by atoms with Gasteiger partial charge in [-0.1, -0.05) is 19.0 Å². The molecule has 5 nitrogen and oxygen atoms in total. The second kappa shape index (κ2) is 13.8. The van der Waals surface area contributed by atoms with Crippen molar-refractivity contribution in [2.75, 3.05) is 62.3 Å². The fraction of sp³-hybridized carbons (Fsp3) is 0.536. The van der Waals surface area contributed by atoms with Crippen molar-refractivity contribution in [3.8, 4) is 0 Å². The van der Waals surface area contributed by atoms with E-state index in [1.54, 1.807) is 12.3 Å². The molecule has 2 heterocycles. The zero-order valence-corrected chi connectivity index (χ0v) is 22.6. The highest BCUT2D eigenvalue weighted by atomic mass is 35.5. The topological polar surface area (TPSA) is 38.8 Å². The third-order valence-corrected chi connectivity index (χ3v) is 8.20. The molecule has 210 valence electrons. The molecule has 0 saturated carbocycles. The molecule has 2 aromatic carbocycles. The number of halogens is 4. The molecular formula is C28H38ClF3N4OS. The van der Waals surface area contributed by atoms with Gasteiger partial charge < -0.3 is 15.1 Å². The Hall–Kier alpha value is -2.10. The highest BCUT2D eigenvalue weighted by Crippen LogP contribution is 2.37. The van der Waals surface area contributed by atoms with Crippen LogP contribution in [0.3, 0.4) is 0 Å². The van der Waals surface area contributed by atoms with E-state index in [1.807, 2.05) is 17.0 Å². The van der Waals surface area contributed by atoms with Crippen LogP contribution in [0, 0.1) is 0 Å². The second-order valence-electron chi connectivity index (χ2n) is 9.62. The Morgan fingerprint density at radius 2 is 1.68 bits per heavy atom. The molecule has 4 rings (SSSR count). The Morgan fingerprint density at radius 1 is 1.03 bits per heavy atom. The van der Waals surface area contributed by atoms with Gasteiger partial charge in [0.1, 0.15) is 0 Å². The summed E-state index contributed by atoms with van der Waals surface area (Å²) in [4.78, 5) is 19.6. The summed E-state index contributed by atoms with van der Waals surface area (Å²) in [6.45, 7) is 6.03. The van der Waals surface area contributed by atoms with E-state index in [2.05, 4.69) is 27.2 Å². The molecule has 38 heavy (non-hydrogen) atoms. The number of likely N-dealkylation sites (tertiary alicyclic amines) is 1. The summed E-state index contributed by atoms with van der Waals surface area (Å²) in [6, 6.07) is 12.4. The van der Waals surface area contributed by atoms with Crippen LogP contribution in [0.15, 0.2) is 47.4 Å². The highest BCUT2D eigenvalue weighted by Gasteiger charge is 2.34. The van der Waals surface area contributed by atoms with Gasteiger partial charge >= 0.3 is 6.18 Å². The van der Waals surface area contributed by atoms with Gasteiger partial charge in [0.05, 0.1) is 5.56 Å². The normalized spacial score (nSPS) is 17.3. The first-order chi connectivity index (χ1) is 17.7. The quantitative estimate of drug-likeness (QED) is 0.357. The molecule has 1 N–H and O–H groups in total. The predicted molar refractivity (Wildman–Crippen MR) is 153 cm³/mol. The number of hydrogen-bond donors (Lipinski definition) is 1. The molecule has 0 aromatic heterocycles. The van der Waals surface area contributed by atoms with Crippen molar-refractivity contribution in [2.24, 2.45) is 0 Å². The third kappa shape index (κ3) is 8.20. The Labute approximate surface area is 233 Å². The van der Waals surface area contributed by atoms with Crippen LogP contribution in [0.4, 0.5) is 24.5 Å². The molecule has 2 aromatic rings. The number of rotatable bonds is 8. The fourth-order valence-corrected chi connectivity index (χ4v) is 5.75. The summed E-state index contributed by atoms with van der Waals surface area (Å²) < 4.78 is 40.1. The Kier molecular flexibility index (Phi) is 11.1. The number of amides is 1. The van der Waals surface area contributed by atoms with Gasteiger partial charge in [0.15, 0.2) is 0 Å². The van der Waals surface area contributed by atoms with Crippen LogP contribution in [0.25, 0.3) is 0 Å². The summed E-state index contributed by atoms with van der Waals surface area (Å²) in [5.74, 6) is 0.168. The molecular weight excluding hydrogens is 533 g/mol. The fourth-order valence-electron chi connectivity index (χ4n) is 5.02. The first kappa shape index (κ1) is 30.4. The molecule has 1 amide bonds. The van der Waals surface area contributed by atoms with Gasteiger partial charge in [0.25, 0.3) is 0 Å². The lowest BCUT2D eigenvalue weighted by molar-refractivity contribution is -0.139. The summed E-state index contributed by atoms with van der Waals surface area (Å²) in [7, 11) is 0. The first-order valence-electron chi connectivity index (χ1n) is 12.8. The van der Waals surface area contributed by atoms with E-state index in [-0.39, 0.29) is 24.3 Å². The van der Waals surface area contributed by atoms with Gasteiger partial charge in [-0.15, -0.1) is 11.8 Å². The van der Waals surface area contributed by atoms with Crippen LogP contribution < -0.4 is 10.2 Å². The Balaban J connectivity index is 0.00000400. The minimum Gasteiger partial charge on any atom is -0.382 e. The number of thioether (sulfide) groups is 1. The molecule has 0 aliphatic carbocycles. The lowest BCUT2D eigenvalue weighted by Gasteiger charge is -2.36. The average molecular weight is 571 g/mol. The largest absolute Gasteiger partial charge is 0.417 e. The van der Waals surface area contributed by atoms with E-state index in [0.717, 1.165) is 68.8 Å². The summed E-state index contributed by atoms with van der Waals surface area (Å²) in [5.41, 5.74) is 1.06. The molecule has 10 heteroatoms. The van der Waals surface area contributed by atoms with E-state index in [4.69, 9.17) is 11.6 Å². The van der Waals surface area contributed by atoms with Crippen LogP contribution in [-0.4, -0.2) is 73.8 Å². The standard InChI is InChI=1S/C27H34ClF3N4OS.CH4/c1-37-25-9-6-22(19-24(25)27(29,30)31)32-21-10-13-35(14-11-21)26(36)3-2-12-33-15-17-34(18-16-33)23-7-4-20(28)5-8-23;/h4-9,19,21,32H,2-3,10-18H2,1H3;1H4. The number of benzene rings is 2. The number of piperidine rings is 1. The number of anilines is 2. The molecule has 0 unspecified atom stereocenters. The smallest absolute Gasteiger partial charge is 0.382 e. The molecule has 2 fully saturated rings. The summed E-state index contributed by atoms with van der Waals surface area (Å²) in [6.07, 6.45) is 0.0814. The SMILES string of the molecule is C.CSc1ccc(NC2CCN(C(=O)CCCN3CCN(c4ccc(Cl)cc4)CC3)CC2)cc1C(F)(F)F. The average Bonchev–Trinajstić information content (AvgIpc) is 2.89. The molecule has 2 saturated heterocycles. The minimum atomic E-state index is -4.38. The third-order valence-electron chi connectivity index (χ3n) is 7.15. The van der Waals surface area contributed by atoms with Crippen LogP contribution in [0.1, 0.15) is 38.7 Å². The van der Waals surface area contributed by atoms with Crippen molar-refractivity contribution < 1.29 is 18.0 Å². The number of carbonyl (C=O) groups excluding carboxylic acids is 1. The summed E-state index contributed by atoms with van der Waals surface area (Å²) in [5, 5.41) is 3.99. The van der Waals surface area contributed by atoms with Gasteiger partial charge in [-0.2, -0.15) is 13.2 Å². The van der Waals surface area contributed by atoms with E-state index in [0.29, 0.717) is 25.2 Å². The Morgan fingerprint density at radius 3 is 2.29 bits per heavy atom. The van der Waals surface area contributed by atoms with Gasteiger partial charge in [0, 0.05) is 73.0 Å². The van der Waals surface area contributed by atoms with Crippen LogP contribution >= 0.6 is 23.4 Å². The van der Waals surface area contributed by atoms with Crippen molar-refractivity contribution in [3.05, 3.63) is 53.1 Å². The van der Waals surface area contributed by atoms with E-state index >= 15 is 0 Å². The van der Waals surface area contributed by atoms with Crippen molar-refractivity contribution in [1.82, 2.24) is 9.80 Å². The van der Waals surface area contributed by atoms with Gasteiger partial charge in [0.2, 0.25) is 5.91 Å². The van der Waals surface area contributed by atoms with E-state index < -0.39 is 11.7 Å². The molecule has 2 aliphatic rings. The number of piperazine rings is 1. The molecule has 0 bridgehead atoms. The molecule has 0 atom stereocenters. The zero-order valence-electron chi connectivity index (χ0n) is 21.1. The molecule has 2 aliphatic heterocycles. The molecule has 0 spiro atoms. The number of hydrogen-bond acceptors (Lipinski definition) is 5. The zero-order chi connectivity index (χ0) is 26.4. The predicted octanol–water partition coefficient (Wildman–Crippen LogP) is 6.72. The summed E-state index contributed by atoms with van der Waals surface area (Å²) >= 11 is 7.08. The lowest BCUT2D eigenvalue weighted by atomic mass is 10.0. The molecule has 0 radical (unpaired) electrons. The van der Waals surface area contributed by atoms with Gasteiger partial charge in [-0.3, -0.25) is 9.69 Å². The number of alkyl halides is 3. The number of nitrogens with zero attached hydrogens (tertiary/aromatic N) is 3. The Bertz CT molecular complexity index is 1040. The van der Waals surface area contributed by atoms with E-state index in [9.17, 15) is 18.0 Å². The number of nitrogens with one attached hydrogen (secondary N) is 1. The van der Waals surface area contributed by atoms with Crippen molar-refractivity contribution in [1.29, 1.82) is 0 Å². The van der Waals surface area contributed by atoms with Crippen LogP contribution in [-0.2, 0) is 11.0 Å². The minimum absolute atomic E-state index is 0. The van der Waals surface area contributed by atoms with Crippen molar-refractivity contribution in [2.45, 2.75) is 50.2 Å². The number of carbonyl (C=O) groups is 1. The second-order valence-corrected chi connectivity index (χ2v) is 10.9. The monoisotopic (exact) mass is 570 g/mol. The first-order valence-corrected chi connectivity index (χ1v) is 14.4. The van der Waals surface area contributed by atoms with Crippen LogP contribution in [0.5, 0.6) is 0 Å². The maximum atomic E-state index is 13.4.